The third-order valence-electron chi connectivity index (χ3n) is 3.39. The molecule has 1 aromatic rings. The molecule has 0 spiro atoms. The zero-order chi connectivity index (χ0) is 13.8. The van der Waals surface area contributed by atoms with Crippen molar-refractivity contribution in [2.45, 2.75) is 12.5 Å². The van der Waals surface area contributed by atoms with E-state index in [-0.39, 0.29) is 17.0 Å². The van der Waals surface area contributed by atoms with Crippen LogP contribution in [0.15, 0.2) is 12.1 Å². The molecule has 0 radical (unpaired) electrons. The molecule has 1 heterocycles. The van der Waals surface area contributed by atoms with Crippen molar-refractivity contribution < 1.29 is 13.2 Å². The van der Waals surface area contributed by atoms with Gasteiger partial charge in [-0.25, -0.2) is 8.78 Å². The van der Waals surface area contributed by atoms with Crippen molar-refractivity contribution >= 4 is 11.6 Å². The van der Waals surface area contributed by atoms with Gasteiger partial charge in [0, 0.05) is 37.8 Å². The average molecular weight is 293 g/mol. The minimum atomic E-state index is -0.779. The van der Waals surface area contributed by atoms with Crippen molar-refractivity contribution in [1.29, 1.82) is 0 Å². The van der Waals surface area contributed by atoms with Crippen LogP contribution in [-0.4, -0.2) is 37.8 Å². The summed E-state index contributed by atoms with van der Waals surface area (Å²) in [7, 11) is 0. The Morgan fingerprint density at radius 3 is 2.58 bits per heavy atom. The largest absolute Gasteiger partial charge is 0.314 e. The maximum Gasteiger partial charge on any atom is 0.149 e. The van der Waals surface area contributed by atoms with Gasteiger partial charge in [0.2, 0.25) is 0 Å². The number of hydrogen-bond acceptors (Lipinski definition) is 2. The molecule has 0 saturated carbocycles. The third-order valence-corrected chi connectivity index (χ3v) is 3.68. The first-order valence-electron chi connectivity index (χ1n) is 6.29. The molecule has 1 aliphatic rings. The van der Waals surface area contributed by atoms with Crippen molar-refractivity contribution in [2.75, 3.05) is 32.9 Å². The van der Waals surface area contributed by atoms with Gasteiger partial charge in [-0.2, -0.15) is 0 Å². The van der Waals surface area contributed by atoms with E-state index in [1.54, 1.807) is 0 Å². The molecule has 0 unspecified atom stereocenters. The minimum Gasteiger partial charge on any atom is -0.314 e. The van der Waals surface area contributed by atoms with Gasteiger partial charge in [0.15, 0.2) is 0 Å². The molecule has 1 aliphatic heterocycles. The van der Waals surface area contributed by atoms with Gasteiger partial charge >= 0.3 is 0 Å². The fraction of sp³-hybridized carbons (Fsp3) is 0.538. The molecular formula is C13H16ClF3N2. The highest BCUT2D eigenvalue weighted by Crippen LogP contribution is 2.32. The SMILES string of the molecule is FCC[C@H](c1c(F)ccc(Cl)c1F)N1CCNCC1. The van der Waals surface area contributed by atoms with E-state index in [2.05, 4.69) is 5.32 Å². The monoisotopic (exact) mass is 292 g/mol. The van der Waals surface area contributed by atoms with Crippen LogP contribution in [0.25, 0.3) is 0 Å². The molecule has 0 aliphatic carbocycles. The molecule has 0 bridgehead atoms. The van der Waals surface area contributed by atoms with Crippen LogP contribution < -0.4 is 5.32 Å². The maximum atomic E-state index is 14.1. The zero-order valence-corrected chi connectivity index (χ0v) is 11.2. The summed E-state index contributed by atoms with van der Waals surface area (Å²) in [5, 5.41) is 3.03. The van der Waals surface area contributed by atoms with E-state index < -0.39 is 24.4 Å². The summed E-state index contributed by atoms with van der Waals surface area (Å²) in [6.07, 6.45) is 0.0637. The molecule has 19 heavy (non-hydrogen) atoms. The number of benzene rings is 1. The maximum absolute atomic E-state index is 14.1. The Kier molecular flexibility index (Phi) is 5.07. The van der Waals surface area contributed by atoms with Gasteiger partial charge in [-0.15, -0.1) is 0 Å². The first-order valence-corrected chi connectivity index (χ1v) is 6.67. The van der Waals surface area contributed by atoms with Crippen LogP contribution in [0, 0.1) is 11.6 Å². The summed E-state index contributed by atoms with van der Waals surface area (Å²) in [5.41, 5.74) is -0.118. The topological polar surface area (TPSA) is 15.3 Å². The van der Waals surface area contributed by atoms with E-state index in [9.17, 15) is 13.2 Å². The van der Waals surface area contributed by atoms with Crippen LogP contribution in [0.3, 0.4) is 0 Å². The van der Waals surface area contributed by atoms with Gasteiger partial charge in [-0.1, -0.05) is 11.6 Å². The number of nitrogens with one attached hydrogen (secondary N) is 1. The van der Waals surface area contributed by atoms with Crippen molar-refractivity contribution in [3.63, 3.8) is 0 Å². The van der Waals surface area contributed by atoms with Crippen LogP contribution in [-0.2, 0) is 0 Å². The van der Waals surface area contributed by atoms with E-state index >= 15 is 0 Å². The summed E-state index contributed by atoms with van der Waals surface area (Å²) in [4.78, 5) is 1.90. The second kappa shape index (κ2) is 6.59. The van der Waals surface area contributed by atoms with E-state index in [1.165, 1.54) is 6.07 Å². The first kappa shape index (κ1) is 14.6. The van der Waals surface area contributed by atoms with Crippen LogP contribution >= 0.6 is 11.6 Å². The predicted molar refractivity (Wildman–Crippen MR) is 69.1 cm³/mol. The number of rotatable bonds is 4. The molecule has 106 valence electrons. The molecule has 1 N–H and O–H groups in total. The summed E-state index contributed by atoms with van der Waals surface area (Å²) in [6.45, 7) is 2.10. The van der Waals surface area contributed by atoms with Crippen molar-refractivity contribution in [2.24, 2.45) is 0 Å². The molecule has 2 rings (SSSR count). The highest BCUT2D eigenvalue weighted by molar-refractivity contribution is 6.30. The number of alkyl halides is 1. The van der Waals surface area contributed by atoms with Crippen LogP contribution in [0.5, 0.6) is 0 Å². The zero-order valence-electron chi connectivity index (χ0n) is 10.4. The molecule has 1 aromatic carbocycles. The van der Waals surface area contributed by atoms with Crippen LogP contribution in [0.1, 0.15) is 18.0 Å². The minimum absolute atomic E-state index is 0.0637. The predicted octanol–water partition coefficient (Wildman–Crippen LogP) is 2.92. The molecule has 0 amide bonds. The van der Waals surface area contributed by atoms with E-state index in [4.69, 9.17) is 11.6 Å². The Labute approximate surface area is 115 Å². The average Bonchev–Trinajstić information content (AvgIpc) is 2.43. The smallest absolute Gasteiger partial charge is 0.149 e. The van der Waals surface area contributed by atoms with Gasteiger partial charge in [0.1, 0.15) is 11.6 Å². The van der Waals surface area contributed by atoms with Gasteiger partial charge in [-0.3, -0.25) is 9.29 Å². The second-order valence-electron chi connectivity index (χ2n) is 4.54. The van der Waals surface area contributed by atoms with Gasteiger partial charge in [0.05, 0.1) is 11.7 Å². The number of halogens is 4. The van der Waals surface area contributed by atoms with Crippen LogP contribution in [0.4, 0.5) is 13.2 Å². The van der Waals surface area contributed by atoms with Crippen molar-refractivity contribution in [3.8, 4) is 0 Å². The Morgan fingerprint density at radius 1 is 1.26 bits per heavy atom. The highest BCUT2D eigenvalue weighted by atomic mass is 35.5. The summed E-state index contributed by atoms with van der Waals surface area (Å²) < 4.78 is 40.7. The van der Waals surface area contributed by atoms with Crippen molar-refractivity contribution in [1.82, 2.24) is 10.2 Å². The molecule has 1 fully saturated rings. The van der Waals surface area contributed by atoms with Gasteiger partial charge in [-0.05, 0) is 18.6 Å². The number of piperazine rings is 1. The molecular weight excluding hydrogens is 277 g/mol. The standard InChI is InChI=1S/C13H16ClF3N2/c14-9-1-2-10(16)12(13(9)17)11(3-4-15)19-7-5-18-6-8-19/h1-2,11,18H,3-8H2/t11-/m1/s1. The molecule has 6 heteroatoms. The lowest BCUT2D eigenvalue weighted by atomic mass is 10.0. The van der Waals surface area contributed by atoms with Gasteiger partial charge in [0.25, 0.3) is 0 Å². The van der Waals surface area contributed by atoms with E-state index in [0.29, 0.717) is 13.1 Å². The summed E-state index contributed by atoms with van der Waals surface area (Å²) in [5.74, 6) is -1.45. The van der Waals surface area contributed by atoms with E-state index in [0.717, 1.165) is 19.2 Å². The molecule has 0 aromatic heterocycles. The summed E-state index contributed by atoms with van der Waals surface area (Å²) in [6, 6.07) is 1.71. The lowest BCUT2D eigenvalue weighted by Crippen LogP contribution is -2.45. The Morgan fingerprint density at radius 2 is 1.95 bits per heavy atom. The molecule has 1 saturated heterocycles. The second-order valence-corrected chi connectivity index (χ2v) is 4.94. The number of nitrogens with zero attached hydrogens (tertiary/aromatic N) is 1. The van der Waals surface area contributed by atoms with E-state index in [1.807, 2.05) is 4.90 Å². The molecule has 1 atom stereocenters. The first-order chi connectivity index (χ1) is 9.15. The van der Waals surface area contributed by atoms with Crippen molar-refractivity contribution in [3.05, 3.63) is 34.4 Å². The lowest BCUT2D eigenvalue weighted by molar-refractivity contribution is 0.151. The lowest BCUT2D eigenvalue weighted by Gasteiger charge is -2.35. The number of hydrogen-bond donors (Lipinski definition) is 1. The third kappa shape index (κ3) is 3.22. The summed E-state index contributed by atoms with van der Waals surface area (Å²) >= 11 is 5.70. The fourth-order valence-corrected chi connectivity index (χ4v) is 2.62. The Balaban J connectivity index is 2.35. The Hall–Kier alpha value is -0.780. The quantitative estimate of drug-likeness (QED) is 0.859. The highest BCUT2D eigenvalue weighted by Gasteiger charge is 2.28. The van der Waals surface area contributed by atoms with Crippen LogP contribution in [0.2, 0.25) is 5.02 Å². The fourth-order valence-electron chi connectivity index (χ4n) is 2.45. The Bertz CT molecular complexity index is 436. The normalized spacial score (nSPS) is 18.5. The molecule has 2 nitrogen and oxygen atoms in total. The van der Waals surface area contributed by atoms with Gasteiger partial charge < -0.3 is 5.32 Å².